The maximum Gasteiger partial charge on any atom is 0.245 e. The number of hydrogen-bond donors (Lipinski definition) is 0. The molecule has 3 rings (SSSR count). The van der Waals surface area contributed by atoms with Gasteiger partial charge in [-0.2, -0.15) is 4.31 Å². The lowest BCUT2D eigenvalue weighted by Crippen LogP contribution is -2.40. The van der Waals surface area contributed by atoms with E-state index in [-0.39, 0.29) is 4.90 Å². The van der Waals surface area contributed by atoms with Gasteiger partial charge in [-0.3, -0.25) is 4.99 Å². The molecule has 7 heteroatoms. The molecule has 0 atom stereocenters. The Balaban J connectivity index is 1.98. The van der Waals surface area contributed by atoms with Gasteiger partial charge in [0.05, 0.1) is 26.0 Å². The molecule has 0 unspecified atom stereocenters. The van der Waals surface area contributed by atoms with Gasteiger partial charge in [0.2, 0.25) is 10.0 Å². The number of ether oxygens (including phenoxy) is 2. The number of methoxy groups -OCH3 is 1. The first-order valence-electron chi connectivity index (χ1n) is 8.37. The first-order chi connectivity index (χ1) is 12.5. The average Bonchev–Trinajstić information content (AvgIpc) is 2.68. The number of nitrogens with zero attached hydrogens (tertiary/aromatic N) is 2. The molecule has 0 saturated carbocycles. The zero-order chi connectivity index (χ0) is 18.6. The molecule has 0 aromatic heterocycles. The van der Waals surface area contributed by atoms with Crippen LogP contribution in [0.2, 0.25) is 0 Å². The summed E-state index contributed by atoms with van der Waals surface area (Å²) >= 11 is 0. The summed E-state index contributed by atoms with van der Waals surface area (Å²) in [4.78, 5) is 4.57. The van der Waals surface area contributed by atoms with Crippen molar-refractivity contribution in [2.45, 2.75) is 11.8 Å². The van der Waals surface area contributed by atoms with Crippen LogP contribution in [0.5, 0.6) is 5.75 Å². The van der Waals surface area contributed by atoms with Gasteiger partial charge in [0.25, 0.3) is 0 Å². The molecule has 1 saturated heterocycles. The average molecular weight is 374 g/mol. The number of sulfonamides is 1. The third-order valence-corrected chi connectivity index (χ3v) is 6.11. The lowest BCUT2D eigenvalue weighted by Gasteiger charge is -2.26. The van der Waals surface area contributed by atoms with Crippen LogP contribution in [-0.2, 0) is 14.8 Å². The fourth-order valence-corrected chi connectivity index (χ4v) is 4.22. The highest BCUT2D eigenvalue weighted by molar-refractivity contribution is 7.89. The first-order valence-corrected chi connectivity index (χ1v) is 9.81. The number of rotatable bonds is 5. The molecule has 2 aromatic carbocycles. The van der Waals surface area contributed by atoms with Gasteiger partial charge < -0.3 is 9.47 Å². The quantitative estimate of drug-likeness (QED) is 0.755. The Morgan fingerprint density at radius 1 is 1.12 bits per heavy atom. The van der Waals surface area contributed by atoms with E-state index in [0.29, 0.717) is 37.7 Å². The Labute approximate surface area is 154 Å². The number of hydrogen-bond acceptors (Lipinski definition) is 5. The minimum Gasteiger partial charge on any atom is -0.497 e. The van der Waals surface area contributed by atoms with Crippen LogP contribution in [0.25, 0.3) is 0 Å². The van der Waals surface area contributed by atoms with E-state index in [4.69, 9.17) is 9.47 Å². The molecule has 0 bridgehead atoms. The largest absolute Gasteiger partial charge is 0.497 e. The van der Waals surface area contributed by atoms with Crippen LogP contribution in [0.1, 0.15) is 11.1 Å². The molecular formula is C19H22N2O4S. The summed E-state index contributed by atoms with van der Waals surface area (Å²) in [6.45, 7) is 3.47. The molecule has 0 radical (unpaired) electrons. The van der Waals surface area contributed by atoms with Gasteiger partial charge in [-0.25, -0.2) is 8.42 Å². The molecular weight excluding hydrogens is 352 g/mol. The predicted octanol–water partition coefficient (Wildman–Crippen LogP) is 2.78. The van der Waals surface area contributed by atoms with E-state index < -0.39 is 10.0 Å². The Hall–Kier alpha value is -2.22. The molecule has 138 valence electrons. The normalized spacial score (nSPS) is 16.1. The van der Waals surface area contributed by atoms with E-state index in [1.54, 1.807) is 18.3 Å². The third-order valence-electron chi connectivity index (χ3n) is 4.18. The van der Waals surface area contributed by atoms with Crippen LogP contribution in [-0.4, -0.2) is 52.4 Å². The summed E-state index contributed by atoms with van der Waals surface area (Å²) in [5, 5.41) is 0. The Bertz CT molecular complexity index is 886. The van der Waals surface area contributed by atoms with E-state index in [2.05, 4.69) is 4.99 Å². The van der Waals surface area contributed by atoms with Crippen molar-refractivity contribution < 1.29 is 17.9 Å². The van der Waals surface area contributed by atoms with Crippen LogP contribution in [0.3, 0.4) is 0 Å². The minimum absolute atomic E-state index is 0.141. The van der Waals surface area contributed by atoms with Gasteiger partial charge in [0.15, 0.2) is 0 Å². The highest BCUT2D eigenvalue weighted by Crippen LogP contribution is 2.31. The zero-order valence-electron chi connectivity index (χ0n) is 14.9. The van der Waals surface area contributed by atoms with Gasteiger partial charge in [-0.1, -0.05) is 29.8 Å². The van der Waals surface area contributed by atoms with Crippen molar-refractivity contribution >= 4 is 21.9 Å². The van der Waals surface area contributed by atoms with Crippen molar-refractivity contribution in [2.24, 2.45) is 4.99 Å². The standard InChI is InChI=1S/C19H22N2O4S/c1-15-3-5-16(6-4-15)14-20-18-8-7-17(24-2)13-19(18)26(22,23)21-9-11-25-12-10-21/h3-8,13-14H,9-12H2,1-2H3. The molecule has 1 fully saturated rings. The van der Waals surface area contributed by atoms with E-state index in [1.165, 1.54) is 17.5 Å². The molecule has 1 aliphatic heterocycles. The highest BCUT2D eigenvalue weighted by atomic mass is 32.2. The molecule has 6 nitrogen and oxygen atoms in total. The number of morpholine rings is 1. The Kier molecular flexibility index (Phi) is 5.70. The van der Waals surface area contributed by atoms with Crippen molar-refractivity contribution in [3.05, 3.63) is 53.6 Å². The molecule has 1 heterocycles. The van der Waals surface area contributed by atoms with Crippen LogP contribution in [0.4, 0.5) is 5.69 Å². The monoisotopic (exact) mass is 374 g/mol. The summed E-state index contributed by atoms with van der Waals surface area (Å²) in [6.07, 6.45) is 1.67. The second-order valence-electron chi connectivity index (χ2n) is 6.02. The molecule has 2 aromatic rings. The number of benzene rings is 2. The minimum atomic E-state index is -3.68. The predicted molar refractivity (Wildman–Crippen MR) is 101 cm³/mol. The van der Waals surface area contributed by atoms with Crippen LogP contribution in [0, 0.1) is 6.92 Å². The van der Waals surface area contributed by atoms with Gasteiger partial charge >= 0.3 is 0 Å². The van der Waals surface area contributed by atoms with E-state index >= 15 is 0 Å². The van der Waals surface area contributed by atoms with Crippen molar-refractivity contribution in [3.63, 3.8) is 0 Å². The summed E-state index contributed by atoms with van der Waals surface area (Å²) in [5.41, 5.74) is 2.45. The first kappa shape index (κ1) is 18.6. The zero-order valence-corrected chi connectivity index (χ0v) is 15.7. The molecule has 26 heavy (non-hydrogen) atoms. The molecule has 0 aliphatic carbocycles. The SMILES string of the molecule is COc1ccc(N=Cc2ccc(C)cc2)c(S(=O)(=O)N2CCOCC2)c1. The highest BCUT2D eigenvalue weighted by Gasteiger charge is 2.29. The van der Waals surface area contributed by atoms with Gasteiger partial charge in [-0.15, -0.1) is 0 Å². The van der Waals surface area contributed by atoms with Gasteiger partial charge in [0, 0.05) is 25.4 Å². The lowest BCUT2D eigenvalue weighted by atomic mass is 10.2. The molecule has 0 spiro atoms. The second-order valence-corrected chi connectivity index (χ2v) is 7.93. The Morgan fingerprint density at radius 2 is 1.81 bits per heavy atom. The van der Waals surface area contributed by atoms with Crippen LogP contribution >= 0.6 is 0 Å². The van der Waals surface area contributed by atoms with Crippen molar-refractivity contribution in [3.8, 4) is 5.75 Å². The topological polar surface area (TPSA) is 68.2 Å². The van der Waals surface area contributed by atoms with Crippen molar-refractivity contribution in [2.75, 3.05) is 33.4 Å². The maximum atomic E-state index is 13.1. The smallest absolute Gasteiger partial charge is 0.245 e. The number of aryl methyl sites for hydroxylation is 1. The fraction of sp³-hybridized carbons (Fsp3) is 0.316. The molecule has 1 aliphatic rings. The molecule has 0 amide bonds. The second kappa shape index (κ2) is 7.99. The Morgan fingerprint density at radius 3 is 2.46 bits per heavy atom. The summed E-state index contributed by atoms with van der Waals surface area (Å²) < 4.78 is 38.0. The lowest BCUT2D eigenvalue weighted by molar-refractivity contribution is 0.0730. The summed E-state index contributed by atoms with van der Waals surface area (Å²) in [6, 6.07) is 12.8. The van der Waals surface area contributed by atoms with Gasteiger partial charge in [-0.05, 0) is 24.6 Å². The van der Waals surface area contributed by atoms with Crippen LogP contribution < -0.4 is 4.74 Å². The van der Waals surface area contributed by atoms with Crippen molar-refractivity contribution in [1.82, 2.24) is 4.31 Å². The van der Waals surface area contributed by atoms with Crippen LogP contribution in [0.15, 0.2) is 52.4 Å². The van der Waals surface area contributed by atoms with E-state index in [1.807, 2.05) is 31.2 Å². The fourth-order valence-electron chi connectivity index (χ4n) is 2.66. The maximum absolute atomic E-state index is 13.1. The van der Waals surface area contributed by atoms with E-state index in [0.717, 1.165) is 11.1 Å². The number of aliphatic imine (C=N–C) groups is 1. The summed E-state index contributed by atoms with van der Waals surface area (Å²) in [7, 11) is -2.17. The van der Waals surface area contributed by atoms with E-state index in [9.17, 15) is 8.42 Å². The third kappa shape index (κ3) is 4.12. The van der Waals surface area contributed by atoms with Crippen molar-refractivity contribution in [1.29, 1.82) is 0 Å². The van der Waals surface area contributed by atoms with Gasteiger partial charge in [0.1, 0.15) is 10.6 Å². The summed E-state index contributed by atoms with van der Waals surface area (Å²) in [5.74, 6) is 0.478. The molecule has 0 N–H and O–H groups in total.